The maximum absolute atomic E-state index is 12.1. The molecule has 1 aromatic heterocycles. The number of halogens is 2. The summed E-state index contributed by atoms with van der Waals surface area (Å²) >= 11 is 11.9. The molecule has 0 aliphatic carbocycles. The maximum Gasteiger partial charge on any atom is 0.260 e. The lowest BCUT2D eigenvalue weighted by molar-refractivity contribution is -0.121. The molecule has 0 saturated carbocycles. The molecule has 0 aliphatic rings. The van der Waals surface area contributed by atoms with Crippen LogP contribution >= 0.6 is 23.2 Å². The number of hydrazone groups is 1. The van der Waals surface area contributed by atoms with Crippen LogP contribution < -0.4 is 5.43 Å². The van der Waals surface area contributed by atoms with E-state index in [-0.39, 0.29) is 12.5 Å². The summed E-state index contributed by atoms with van der Waals surface area (Å²) < 4.78 is 1.84. The average Bonchev–Trinajstić information content (AvgIpc) is 2.85. The van der Waals surface area contributed by atoms with Crippen LogP contribution in [-0.4, -0.2) is 21.7 Å². The van der Waals surface area contributed by atoms with Crippen molar-refractivity contribution in [3.8, 4) is 0 Å². The fraction of sp³-hybridized carbons (Fsp3) is 0.118. The fourth-order valence-electron chi connectivity index (χ4n) is 2.35. The lowest BCUT2D eigenvalue weighted by Gasteiger charge is -2.05. The molecule has 0 atom stereocenters. The van der Waals surface area contributed by atoms with Gasteiger partial charge in [0.1, 0.15) is 12.4 Å². The first-order valence-corrected chi connectivity index (χ1v) is 7.99. The lowest BCUT2D eigenvalue weighted by Crippen LogP contribution is -2.23. The zero-order chi connectivity index (χ0) is 17.1. The van der Waals surface area contributed by atoms with E-state index in [0.717, 1.165) is 16.9 Å². The normalized spacial score (nSPS) is 11.3. The van der Waals surface area contributed by atoms with Crippen molar-refractivity contribution in [1.29, 1.82) is 0 Å². The minimum absolute atomic E-state index is 0.137. The topological polar surface area (TPSA) is 59.3 Å². The van der Waals surface area contributed by atoms with E-state index in [1.807, 2.05) is 35.8 Å². The number of imidazole rings is 1. The Morgan fingerprint density at radius 2 is 2.08 bits per heavy atom. The van der Waals surface area contributed by atoms with Crippen molar-refractivity contribution in [1.82, 2.24) is 15.0 Å². The van der Waals surface area contributed by atoms with Gasteiger partial charge < -0.3 is 4.57 Å². The van der Waals surface area contributed by atoms with Crippen LogP contribution in [0, 0.1) is 6.92 Å². The fourth-order valence-corrected chi connectivity index (χ4v) is 2.81. The van der Waals surface area contributed by atoms with Crippen molar-refractivity contribution in [2.75, 3.05) is 0 Å². The van der Waals surface area contributed by atoms with Gasteiger partial charge in [-0.25, -0.2) is 10.4 Å². The third kappa shape index (κ3) is 3.58. The summed E-state index contributed by atoms with van der Waals surface area (Å²) in [6.45, 7) is 2.00. The summed E-state index contributed by atoms with van der Waals surface area (Å²) in [7, 11) is 0. The first-order valence-electron chi connectivity index (χ1n) is 7.23. The number of carbonyl (C=O) groups excluding carboxylic acids is 1. The number of benzene rings is 2. The number of hydrogen-bond donors (Lipinski definition) is 1. The van der Waals surface area contributed by atoms with Gasteiger partial charge in [-0.15, -0.1) is 0 Å². The minimum Gasteiger partial charge on any atom is -0.319 e. The van der Waals surface area contributed by atoms with E-state index >= 15 is 0 Å². The molecular weight excluding hydrogens is 347 g/mol. The van der Waals surface area contributed by atoms with Crippen molar-refractivity contribution in [2.24, 2.45) is 5.10 Å². The highest BCUT2D eigenvalue weighted by molar-refractivity contribution is 6.36. The molecule has 3 rings (SSSR count). The zero-order valence-corrected chi connectivity index (χ0v) is 14.3. The molecule has 0 aliphatic heterocycles. The first-order chi connectivity index (χ1) is 11.5. The molecule has 122 valence electrons. The molecule has 0 radical (unpaired) electrons. The van der Waals surface area contributed by atoms with Crippen LogP contribution in [0.1, 0.15) is 11.4 Å². The van der Waals surface area contributed by atoms with Gasteiger partial charge in [0.2, 0.25) is 0 Å². The second-order valence-corrected chi connectivity index (χ2v) is 6.04. The number of nitrogens with one attached hydrogen (secondary N) is 1. The van der Waals surface area contributed by atoms with Crippen molar-refractivity contribution < 1.29 is 4.79 Å². The quantitative estimate of drug-likeness (QED) is 0.568. The standard InChI is InChI=1S/C17H14Cl2N4O/c1-11-21-15-4-2-3-5-16(15)23(11)10-17(24)22-20-9-12-6-7-13(18)8-14(12)19/h2-9H,10H2,1H3,(H,22,24)/b20-9-. The van der Waals surface area contributed by atoms with E-state index in [9.17, 15) is 4.79 Å². The van der Waals surface area contributed by atoms with Crippen molar-refractivity contribution in [2.45, 2.75) is 13.5 Å². The predicted octanol–water partition coefficient (Wildman–Crippen LogP) is 3.80. The predicted molar refractivity (Wildman–Crippen MR) is 96.7 cm³/mol. The van der Waals surface area contributed by atoms with Gasteiger partial charge >= 0.3 is 0 Å². The number of fused-ring (bicyclic) bond motifs is 1. The largest absolute Gasteiger partial charge is 0.319 e. The number of rotatable bonds is 4. The number of nitrogens with zero attached hydrogens (tertiary/aromatic N) is 3. The monoisotopic (exact) mass is 360 g/mol. The molecule has 0 saturated heterocycles. The zero-order valence-electron chi connectivity index (χ0n) is 12.8. The van der Waals surface area contributed by atoms with Crippen LogP contribution in [0.15, 0.2) is 47.6 Å². The SMILES string of the molecule is Cc1nc2ccccc2n1CC(=O)N/N=C\c1ccc(Cl)cc1Cl. The van der Waals surface area contributed by atoms with Crippen LogP contribution in [0.5, 0.6) is 0 Å². The number of carbonyl (C=O) groups is 1. The summed E-state index contributed by atoms with van der Waals surface area (Å²) in [5.41, 5.74) is 4.94. The molecular formula is C17H14Cl2N4O. The molecule has 24 heavy (non-hydrogen) atoms. The first kappa shape index (κ1) is 16.5. The second kappa shape index (κ2) is 7.03. The molecule has 7 heteroatoms. The Labute approximate surface area is 148 Å². The molecule has 0 unspecified atom stereocenters. The summed E-state index contributed by atoms with van der Waals surface area (Å²) in [4.78, 5) is 16.5. The van der Waals surface area contributed by atoms with E-state index in [1.165, 1.54) is 6.21 Å². The Kier molecular flexibility index (Phi) is 4.83. The summed E-state index contributed by atoms with van der Waals surface area (Å²) in [6.07, 6.45) is 1.48. The molecule has 1 heterocycles. The van der Waals surface area contributed by atoms with Crippen molar-refractivity contribution in [3.63, 3.8) is 0 Å². The molecule has 5 nitrogen and oxygen atoms in total. The molecule has 0 fully saturated rings. The highest BCUT2D eigenvalue weighted by Gasteiger charge is 2.10. The van der Waals surface area contributed by atoms with Gasteiger partial charge in [0, 0.05) is 10.6 Å². The average molecular weight is 361 g/mol. The molecule has 0 bridgehead atoms. The van der Waals surface area contributed by atoms with Crippen LogP contribution in [0.4, 0.5) is 0 Å². The molecule has 1 amide bonds. The van der Waals surface area contributed by atoms with E-state index in [1.54, 1.807) is 18.2 Å². The van der Waals surface area contributed by atoms with Crippen LogP contribution in [-0.2, 0) is 11.3 Å². The summed E-state index contributed by atoms with van der Waals surface area (Å²) in [6, 6.07) is 12.7. The van der Waals surface area contributed by atoms with E-state index in [4.69, 9.17) is 23.2 Å². The van der Waals surface area contributed by atoms with E-state index in [0.29, 0.717) is 15.6 Å². The number of aryl methyl sites for hydroxylation is 1. The third-order valence-electron chi connectivity index (χ3n) is 3.50. The molecule has 1 N–H and O–H groups in total. The Morgan fingerprint density at radius 1 is 1.29 bits per heavy atom. The third-order valence-corrected chi connectivity index (χ3v) is 4.06. The van der Waals surface area contributed by atoms with E-state index in [2.05, 4.69) is 15.5 Å². The van der Waals surface area contributed by atoms with Crippen LogP contribution in [0.3, 0.4) is 0 Å². The van der Waals surface area contributed by atoms with Crippen LogP contribution in [0.2, 0.25) is 10.0 Å². The van der Waals surface area contributed by atoms with Gasteiger partial charge in [0.15, 0.2) is 0 Å². The number of hydrogen-bond acceptors (Lipinski definition) is 3. The highest BCUT2D eigenvalue weighted by atomic mass is 35.5. The Hall–Kier alpha value is -2.37. The highest BCUT2D eigenvalue weighted by Crippen LogP contribution is 2.19. The van der Waals surface area contributed by atoms with Gasteiger partial charge in [-0.1, -0.05) is 41.4 Å². The Bertz CT molecular complexity index is 933. The van der Waals surface area contributed by atoms with Crippen molar-refractivity contribution in [3.05, 3.63) is 63.9 Å². The molecule has 0 spiro atoms. The Morgan fingerprint density at radius 3 is 2.88 bits per heavy atom. The Balaban J connectivity index is 1.69. The summed E-state index contributed by atoms with van der Waals surface area (Å²) in [5.74, 6) is 0.527. The van der Waals surface area contributed by atoms with Crippen LogP contribution in [0.25, 0.3) is 11.0 Å². The van der Waals surface area contributed by atoms with Gasteiger partial charge in [0.25, 0.3) is 5.91 Å². The molecule has 2 aromatic carbocycles. The maximum atomic E-state index is 12.1. The van der Waals surface area contributed by atoms with E-state index < -0.39 is 0 Å². The number of amides is 1. The second-order valence-electron chi connectivity index (χ2n) is 5.19. The van der Waals surface area contributed by atoms with Gasteiger partial charge in [-0.05, 0) is 31.2 Å². The lowest BCUT2D eigenvalue weighted by atomic mass is 10.2. The van der Waals surface area contributed by atoms with Crippen molar-refractivity contribution >= 4 is 46.4 Å². The smallest absolute Gasteiger partial charge is 0.260 e. The van der Waals surface area contributed by atoms with Gasteiger partial charge in [-0.3, -0.25) is 4.79 Å². The number of aromatic nitrogens is 2. The minimum atomic E-state index is -0.248. The van der Waals surface area contributed by atoms with Gasteiger partial charge in [-0.2, -0.15) is 5.10 Å². The summed E-state index contributed by atoms with van der Waals surface area (Å²) in [5, 5.41) is 4.95. The number of para-hydroxylation sites is 2. The van der Waals surface area contributed by atoms with Gasteiger partial charge in [0.05, 0.1) is 22.3 Å². The molecule has 3 aromatic rings.